The van der Waals surface area contributed by atoms with Crippen molar-refractivity contribution in [3.63, 3.8) is 0 Å². The molecule has 3 atom stereocenters. The molecule has 8 heteroatoms. The standard InChI is InChI=1S/C21H27N5O3/c1-11-12(2)18(25-9-14-7-15(14)19(25)27)22-8-16(11)13(3)26-10-17(23-24-26)20(28)29-21(4,5)6/h8,10,13-15H,7,9H2,1-6H3/t13?,14-,15-/m1/s1. The minimum Gasteiger partial charge on any atom is -0.455 e. The fourth-order valence-corrected chi connectivity index (χ4v) is 3.90. The summed E-state index contributed by atoms with van der Waals surface area (Å²) in [7, 11) is 0. The Morgan fingerprint density at radius 1 is 1.28 bits per heavy atom. The first kappa shape index (κ1) is 19.5. The molecule has 1 aliphatic heterocycles. The smallest absolute Gasteiger partial charge is 0.361 e. The fourth-order valence-electron chi connectivity index (χ4n) is 3.90. The van der Waals surface area contributed by atoms with Gasteiger partial charge in [0.25, 0.3) is 0 Å². The van der Waals surface area contributed by atoms with E-state index in [0.29, 0.717) is 5.92 Å². The van der Waals surface area contributed by atoms with Crippen molar-refractivity contribution < 1.29 is 14.3 Å². The molecule has 0 spiro atoms. The van der Waals surface area contributed by atoms with Gasteiger partial charge in [-0.2, -0.15) is 0 Å². The molecule has 2 fully saturated rings. The van der Waals surface area contributed by atoms with Crippen LogP contribution < -0.4 is 4.90 Å². The summed E-state index contributed by atoms with van der Waals surface area (Å²) in [5, 5.41) is 8.08. The lowest BCUT2D eigenvalue weighted by molar-refractivity contribution is -0.118. The fraction of sp³-hybridized carbons (Fsp3) is 0.571. The molecule has 1 aliphatic carbocycles. The van der Waals surface area contributed by atoms with Crippen molar-refractivity contribution in [1.82, 2.24) is 20.0 Å². The second-order valence-electron chi connectivity index (χ2n) is 9.10. The van der Waals surface area contributed by atoms with E-state index in [4.69, 9.17) is 4.74 Å². The van der Waals surface area contributed by atoms with E-state index in [1.54, 1.807) is 17.1 Å². The van der Waals surface area contributed by atoms with Crippen LogP contribution in [-0.4, -0.2) is 44.0 Å². The number of rotatable bonds is 4. The van der Waals surface area contributed by atoms with Crippen LogP contribution in [0.5, 0.6) is 0 Å². The normalized spacial score (nSPS) is 21.9. The van der Waals surface area contributed by atoms with Crippen molar-refractivity contribution in [2.45, 2.75) is 59.6 Å². The number of pyridine rings is 1. The molecule has 2 aliphatic rings. The number of hydrogen-bond donors (Lipinski definition) is 0. The SMILES string of the molecule is Cc1c(C(C)n2cc(C(=O)OC(C)(C)C)nn2)cnc(N2C[C@H]3C[C@H]3C2=O)c1C. The van der Waals surface area contributed by atoms with Crippen LogP contribution in [0.25, 0.3) is 0 Å². The van der Waals surface area contributed by atoms with Gasteiger partial charge in [-0.05, 0) is 70.6 Å². The number of fused-ring (bicyclic) bond motifs is 1. The Hall–Kier alpha value is -2.77. The molecule has 1 saturated heterocycles. The van der Waals surface area contributed by atoms with Gasteiger partial charge in [-0.15, -0.1) is 5.10 Å². The Morgan fingerprint density at radius 3 is 2.62 bits per heavy atom. The average Bonchev–Trinajstić information content (AvgIpc) is 3.09. The molecule has 0 radical (unpaired) electrons. The molecule has 29 heavy (non-hydrogen) atoms. The summed E-state index contributed by atoms with van der Waals surface area (Å²) >= 11 is 0. The molecule has 1 saturated carbocycles. The van der Waals surface area contributed by atoms with Crippen molar-refractivity contribution in [3.8, 4) is 0 Å². The Morgan fingerprint density at radius 2 is 2.00 bits per heavy atom. The van der Waals surface area contributed by atoms with Crippen LogP contribution in [0.15, 0.2) is 12.4 Å². The number of amides is 1. The maximum Gasteiger partial charge on any atom is 0.361 e. The highest BCUT2D eigenvalue weighted by Gasteiger charge is 2.53. The number of carbonyl (C=O) groups excluding carboxylic acids is 2. The van der Waals surface area contributed by atoms with Crippen molar-refractivity contribution in [3.05, 3.63) is 34.8 Å². The summed E-state index contributed by atoms with van der Waals surface area (Å²) in [6, 6.07) is -0.165. The summed E-state index contributed by atoms with van der Waals surface area (Å²) in [6.45, 7) is 12.2. The molecule has 0 bridgehead atoms. The molecule has 0 N–H and O–H groups in total. The second-order valence-corrected chi connectivity index (χ2v) is 9.10. The number of nitrogens with zero attached hydrogens (tertiary/aromatic N) is 5. The topological polar surface area (TPSA) is 90.2 Å². The van der Waals surface area contributed by atoms with E-state index in [1.807, 2.05) is 46.4 Å². The summed E-state index contributed by atoms with van der Waals surface area (Å²) in [6.07, 6.45) is 4.42. The highest BCUT2D eigenvalue weighted by atomic mass is 16.6. The lowest BCUT2D eigenvalue weighted by atomic mass is 10.0. The van der Waals surface area contributed by atoms with Gasteiger partial charge < -0.3 is 4.74 Å². The third kappa shape index (κ3) is 3.52. The zero-order valence-electron chi connectivity index (χ0n) is 17.8. The van der Waals surface area contributed by atoms with E-state index in [9.17, 15) is 9.59 Å². The van der Waals surface area contributed by atoms with E-state index in [2.05, 4.69) is 15.3 Å². The number of aromatic nitrogens is 4. The highest BCUT2D eigenvalue weighted by Crippen LogP contribution is 2.47. The Labute approximate surface area is 170 Å². The largest absolute Gasteiger partial charge is 0.455 e. The Bertz CT molecular complexity index is 991. The third-order valence-electron chi connectivity index (χ3n) is 5.80. The molecule has 154 valence electrons. The molecular weight excluding hydrogens is 370 g/mol. The molecule has 8 nitrogen and oxygen atoms in total. The molecule has 2 aromatic heterocycles. The third-order valence-corrected chi connectivity index (χ3v) is 5.80. The van der Waals surface area contributed by atoms with Crippen molar-refractivity contribution in [2.75, 3.05) is 11.4 Å². The van der Waals surface area contributed by atoms with E-state index < -0.39 is 11.6 Å². The maximum absolute atomic E-state index is 12.4. The van der Waals surface area contributed by atoms with Crippen LogP contribution in [0.4, 0.5) is 5.82 Å². The van der Waals surface area contributed by atoms with E-state index in [1.165, 1.54) is 0 Å². The van der Waals surface area contributed by atoms with Crippen LogP contribution in [0.2, 0.25) is 0 Å². The lowest BCUT2D eigenvalue weighted by Gasteiger charge is -2.23. The molecular formula is C21H27N5O3. The van der Waals surface area contributed by atoms with Gasteiger partial charge in [0.2, 0.25) is 5.91 Å². The van der Waals surface area contributed by atoms with Crippen LogP contribution >= 0.6 is 0 Å². The Kier molecular flexibility index (Phi) is 4.47. The quantitative estimate of drug-likeness (QED) is 0.737. The second kappa shape index (κ2) is 6.64. The van der Waals surface area contributed by atoms with Crippen molar-refractivity contribution in [2.24, 2.45) is 11.8 Å². The lowest BCUT2D eigenvalue weighted by Crippen LogP contribution is -2.30. The van der Waals surface area contributed by atoms with Crippen LogP contribution in [0.3, 0.4) is 0 Å². The average molecular weight is 397 g/mol. The summed E-state index contributed by atoms with van der Waals surface area (Å²) in [5.74, 6) is 1.16. The van der Waals surface area contributed by atoms with Gasteiger partial charge in [0.1, 0.15) is 11.4 Å². The zero-order valence-corrected chi connectivity index (χ0v) is 17.8. The van der Waals surface area contributed by atoms with E-state index in [-0.39, 0.29) is 23.6 Å². The van der Waals surface area contributed by atoms with E-state index in [0.717, 1.165) is 35.5 Å². The highest BCUT2D eigenvalue weighted by molar-refractivity contribution is 5.99. The number of hydrogen-bond acceptors (Lipinski definition) is 6. The van der Waals surface area contributed by atoms with Gasteiger partial charge in [0, 0.05) is 18.7 Å². The first-order valence-electron chi connectivity index (χ1n) is 9.99. The zero-order chi connectivity index (χ0) is 21.1. The maximum atomic E-state index is 12.4. The summed E-state index contributed by atoms with van der Waals surface area (Å²) in [4.78, 5) is 31.1. The number of anilines is 1. The molecule has 1 unspecified atom stereocenters. The molecule has 1 amide bonds. The number of piperidine rings is 1. The van der Waals surface area contributed by atoms with Gasteiger partial charge in [0.05, 0.1) is 12.2 Å². The summed E-state index contributed by atoms with van der Waals surface area (Å²) < 4.78 is 6.99. The van der Waals surface area contributed by atoms with Crippen LogP contribution in [-0.2, 0) is 9.53 Å². The van der Waals surface area contributed by atoms with Crippen molar-refractivity contribution >= 4 is 17.7 Å². The summed E-state index contributed by atoms with van der Waals surface area (Å²) in [5.41, 5.74) is 2.62. The molecule has 4 rings (SSSR count). The number of ether oxygens (including phenoxy) is 1. The Balaban J connectivity index is 1.56. The van der Waals surface area contributed by atoms with Gasteiger partial charge >= 0.3 is 5.97 Å². The monoisotopic (exact) mass is 397 g/mol. The minimum absolute atomic E-state index is 0.165. The number of carbonyl (C=O) groups is 2. The van der Waals surface area contributed by atoms with Gasteiger partial charge in [-0.3, -0.25) is 9.69 Å². The molecule has 2 aromatic rings. The van der Waals surface area contributed by atoms with Gasteiger partial charge in [-0.1, -0.05) is 5.21 Å². The van der Waals surface area contributed by atoms with Gasteiger partial charge in [-0.25, -0.2) is 14.5 Å². The number of esters is 1. The first-order valence-corrected chi connectivity index (χ1v) is 9.99. The van der Waals surface area contributed by atoms with E-state index >= 15 is 0 Å². The first-order chi connectivity index (χ1) is 13.6. The van der Waals surface area contributed by atoms with Crippen LogP contribution in [0.1, 0.15) is 67.3 Å². The molecule has 0 aromatic carbocycles. The van der Waals surface area contributed by atoms with Crippen LogP contribution in [0, 0.1) is 25.7 Å². The van der Waals surface area contributed by atoms with Crippen molar-refractivity contribution in [1.29, 1.82) is 0 Å². The molecule has 3 heterocycles. The minimum atomic E-state index is -0.590. The predicted molar refractivity (Wildman–Crippen MR) is 107 cm³/mol. The predicted octanol–water partition coefficient (Wildman–Crippen LogP) is 2.84. The van der Waals surface area contributed by atoms with Gasteiger partial charge in [0.15, 0.2) is 5.69 Å².